The van der Waals surface area contributed by atoms with E-state index in [1.807, 2.05) is 0 Å². The second kappa shape index (κ2) is 5.46. The van der Waals surface area contributed by atoms with Gasteiger partial charge in [0.1, 0.15) is 0 Å². The zero-order chi connectivity index (χ0) is 14.0. The predicted octanol–water partition coefficient (Wildman–Crippen LogP) is 4.75. The van der Waals surface area contributed by atoms with Crippen molar-refractivity contribution < 1.29 is 26.3 Å². The van der Waals surface area contributed by atoms with Crippen molar-refractivity contribution >= 4 is 15.9 Å². The molecule has 0 aliphatic rings. The molecule has 0 bridgehead atoms. The van der Waals surface area contributed by atoms with Crippen LogP contribution < -0.4 is 0 Å². The van der Waals surface area contributed by atoms with Crippen molar-refractivity contribution in [1.82, 2.24) is 4.98 Å². The van der Waals surface area contributed by atoms with E-state index in [9.17, 15) is 26.3 Å². The molecule has 0 saturated carbocycles. The Morgan fingerprint density at radius 3 is 2.22 bits per heavy atom. The van der Waals surface area contributed by atoms with E-state index in [-0.39, 0.29) is 16.6 Å². The highest BCUT2D eigenvalue weighted by atomic mass is 79.9. The van der Waals surface area contributed by atoms with Gasteiger partial charge in [-0.25, -0.2) is 0 Å². The van der Waals surface area contributed by atoms with Crippen molar-refractivity contribution in [3.05, 3.63) is 28.0 Å². The van der Waals surface area contributed by atoms with Gasteiger partial charge in [-0.05, 0) is 34.8 Å². The fourth-order valence-corrected chi connectivity index (χ4v) is 1.70. The average Bonchev–Trinajstić information content (AvgIpc) is 2.17. The van der Waals surface area contributed by atoms with Gasteiger partial charge in [-0.15, -0.1) is 0 Å². The van der Waals surface area contributed by atoms with Gasteiger partial charge in [0.2, 0.25) is 0 Å². The highest BCUT2D eigenvalue weighted by Gasteiger charge is 2.34. The van der Waals surface area contributed by atoms with Crippen molar-refractivity contribution in [2.24, 2.45) is 0 Å². The van der Waals surface area contributed by atoms with Gasteiger partial charge in [0.25, 0.3) is 0 Å². The minimum absolute atomic E-state index is 0.134. The number of nitrogens with zero attached hydrogens (tertiary/aromatic N) is 1. The lowest BCUT2D eigenvalue weighted by Crippen LogP contribution is -2.12. The molecule has 0 radical (unpaired) electrons. The number of pyridine rings is 1. The molecule has 1 nitrogen and oxygen atoms in total. The molecule has 8 heteroatoms. The van der Waals surface area contributed by atoms with Gasteiger partial charge >= 0.3 is 12.4 Å². The van der Waals surface area contributed by atoms with Crippen LogP contribution in [0.2, 0.25) is 0 Å². The minimum atomic E-state index is -4.62. The van der Waals surface area contributed by atoms with Gasteiger partial charge in [-0.1, -0.05) is 0 Å². The Morgan fingerprint density at radius 2 is 1.72 bits per heavy atom. The summed E-state index contributed by atoms with van der Waals surface area (Å²) in [5.41, 5.74) is -1.37. The highest BCUT2D eigenvalue weighted by molar-refractivity contribution is 9.10. The van der Waals surface area contributed by atoms with Gasteiger partial charge < -0.3 is 0 Å². The van der Waals surface area contributed by atoms with Crippen LogP contribution in [0.15, 0.2) is 16.7 Å². The molecule has 1 aromatic heterocycles. The van der Waals surface area contributed by atoms with Crippen LogP contribution in [-0.2, 0) is 12.6 Å². The molecule has 0 aliphatic carbocycles. The topological polar surface area (TPSA) is 12.9 Å². The van der Waals surface area contributed by atoms with Crippen LogP contribution in [0.3, 0.4) is 0 Å². The number of halogens is 7. The Morgan fingerprint density at radius 1 is 1.11 bits per heavy atom. The summed E-state index contributed by atoms with van der Waals surface area (Å²) in [6, 6.07) is 0.815. The smallest absolute Gasteiger partial charge is 0.260 e. The number of aryl methyl sites for hydroxylation is 1. The molecule has 1 aromatic rings. The Labute approximate surface area is 107 Å². The molecular weight excluding hydrogens is 328 g/mol. The highest BCUT2D eigenvalue weighted by Crippen LogP contribution is 2.34. The lowest BCUT2D eigenvalue weighted by Gasteiger charge is -2.12. The van der Waals surface area contributed by atoms with Gasteiger partial charge in [0, 0.05) is 17.1 Å². The van der Waals surface area contributed by atoms with E-state index < -0.39 is 30.8 Å². The standard InChI is InChI=1S/C10H8BrF6N/c11-6-4-7(10(15,16)17)8(18-5-6)2-1-3-9(12,13)14/h4-5H,1-3H2. The maximum atomic E-state index is 12.6. The molecule has 102 valence electrons. The average molecular weight is 336 g/mol. The molecule has 0 saturated heterocycles. The first kappa shape index (κ1) is 15.3. The molecule has 0 aromatic carbocycles. The van der Waals surface area contributed by atoms with Gasteiger partial charge in [0.15, 0.2) is 0 Å². The van der Waals surface area contributed by atoms with Crippen LogP contribution in [0.5, 0.6) is 0 Å². The van der Waals surface area contributed by atoms with E-state index >= 15 is 0 Å². The third-order valence-electron chi connectivity index (χ3n) is 2.12. The van der Waals surface area contributed by atoms with Crippen molar-refractivity contribution in [3.8, 4) is 0 Å². The normalized spacial score (nSPS) is 12.8. The van der Waals surface area contributed by atoms with Crippen molar-refractivity contribution in [1.29, 1.82) is 0 Å². The number of hydrogen-bond acceptors (Lipinski definition) is 1. The van der Waals surface area contributed by atoms with Crippen LogP contribution in [0, 0.1) is 0 Å². The third-order valence-corrected chi connectivity index (χ3v) is 2.55. The molecule has 0 aliphatic heterocycles. The Kier molecular flexibility index (Phi) is 4.63. The molecule has 1 rings (SSSR count). The maximum absolute atomic E-state index is 12.6. The Bertz CT molecular complexity index is 412. The van der Waals surface area contributed by atoms with E-state index in [1.54, 1.807) is 0 Å². The fourth-order valence-electron chi connectivity index (χ4n) is 1.37. The quantitative estimate of drug-likeness (QED) is 0.726. The summed E-state index contributed by atoms with van der Waals surface area (Å²) in [5.74, 6) is 0. The SMILES string of the molecule is FC(F)(F)CCCc1ncc(Br)cc1C(F)(F)F. The van der Waals surface area contributed by atoms with E-state index in [4.69, 9.17) is 0 Å². The molecule has 0 spiro atoms. The molecule has 0 atom stereocenters. The predicted molar refractivity (Wildman–Crippen MR) is 55.9 cm³/mol. The molecule has 0 N–H and O–H groups in total. The maximum Gasteiger partial charge on any atom is 0.418 e. The van der Waals surface area contributed by atoms with Gasteiger partial charge in [0.05, 0.1) is 11.3 Å². The van der Waals surface area contributed by atoms with E-state index in [0.717, 1.165) is 12.3 Å². The summed E-state index contributed by atoms with van der Waals surface area (Å²) < 4.78 is 73.7. The Hall–Kier alpha value is -0.790. The van der Waals surface area contributed by atoms with E-state index in [0.29, 0.717) is 0 Å². The largest absolute Gasteiger partial charge is 0.418 e. The molecule has 18 heavy (non-hydrogen) atoms. The Balaban J connectivity index is 2.83. The van der Waals surface area contributed by atoms with Crippen molar-refractivity contribution in [2.45, 2.75) is 31.6 Å². The first-order chi connectivity index (χ1) is 8.09. The van der Waals surface area contributed by atoms with E-state index in [1.165, 1.54) is 0 Å². The van der Waals surface area contributed by atoms with Crippen LogP contribution in [0.4, 0.5) is 26.3 Å². The molecule has 0 fully saturated rings. The van der Waals surface area contributed by atoms with E-state index in [2.05, 4.69) is 20.9 Å². The zero-order valence-corrected chi connectivity index (χ0v) is 10.5. The molecule has 0 unspecified atom stereocenters. The minimum Gasteiger partial charge on any atom is -0.260 e. The van der Waals surface area contributed by atoms with Gasteiger partial charge in [-0.3, -0.25) is 4.98 Å². The van der Waals surface area contributed by atoms with Gasteiger partial charge in [-0.2, -0.15) is 26.3 Å². The third kappa shape index (κ3) is 4.83. The first-order valence-corrected chi connectivity index (χ1v) is 5.67. The second-order valence-corrected chi connectivity index (χ2v) is 4.53. The summed E-state index contributed by atoms with van der Waals surface area (Å²) in [7, 11) is 0. The number of rotatable bonds is 3. The zero-order valence-electron chi connectivity index (χ0n) is 8.87. The summed E-state index contributed by atoms with van der Waals surface area (Å²) in [6.45, 7) is 0. The summed E-state index contributed by atoms with van der Waals surface area (Å²) >= 11 is 2.85. The molecular formula is C10H8BrF6N. The van der Waals surface area contributed by atoms with Crippen LogP contribution in [0.25, 0.3) is 0 Å². The summed E-state index contributed by atoms with van der Waals surface area (Å²) in [4.78, 5) is 3.53. The first-order valence-electron chi connectivity index (χ1n) is 4.88. The summed E-state index contributed by atoms with van der Waals surface area (Å²) in [6.07, 6.45) is -9.75. The lowest BCUT2D eigenvalue weighted by molar-refractivity contribution is -0.139. The lowest BCUT2D eigenvalue weighted by atomic mass is 10.1. The number of aromatic nitrogens is 1. The second-order valence-electron chi connectivity index (χ2n) is 3.61. The van der Waals surface area contributed by atoms with Crippen LogP contribution >= 0.6 is 15.9 Å². The monoisotopic (exact) mass is 335 g/mol. The summed E-state index contributed by atoms with van der Waals surface area (Å²) in [5, 5.41) is 0. The van der Waals surface area contributed by atoms with Crippen molar-refractivity contribution in [3.63, 3.8) is 0 Å². The molecule has 0 amide bonds. The van der Waals surface area contributed by atoms with Crippen LogP contribution in [0.1, 0.15) is 24.1 Å². The fraction of sp³-hybridized carbons (Fsp3) is 0.500. The van der Waals surface area contributed by atoms with Crippen molar-refractivity contribution in [2.75, 3.05) is 0 Å². The van der Waals surface area contributed by atoms with Crippen LogP contribution in [-0.4, -0.2) is 11.2 Å². The molecule has 1 heterocycles. The number of hydrogen-bond donors (Lipinski definition) is 0. The number of alkyl halides is 6.